The van der Waals surface area contributed by atoms with E-state index in [2.05, 4.69) is 9.98 Å². The van der Waals surface area contributed by atoms with Crippen LogP contribution in [0.3, 0.4) is 0 Å². The number of pyridine rings is 1. The molecule has 0 aliphatic heterocycles. The third kappa shape index (κ3) is 2.22. The first-order chi connectivity index (χ1) is 8.36. The normalized spacial score (nSPS) is 9.47. The van der Waals surface area contributed by atoms with Gasteiger partial charge in [0.05, 0.1) is 24.1 Å². The second-order valence-electron chi connectivity index (χ2n) is 3.27. The summed E-state index contributed by atoms with van der Waals surface area (Å²) in [5.41, 5.74) is 1.90. The van der Waals surface area contributed by atoms with Gasteiger partial charge in [0.15, 0.2) is 0 Å². The summed E-state index contributed by atoms with van der Waals surface area (Å²) in [6.45, 7) is 0. The van der Waals surface area contributed by atoms with Crippen LogP contribution in [0.25, 0.3) is 11.3 Å². The lowest BCUT2D eigenvalue weighted by Gasteiger charge is -2.09. The SMILES string of the molecule is COc1cccc(N=C=O)c1-c1ccccn1. The van der Waals surface area contributed by atoms with E-state index in [9.17, 15) is 4.79 Å². The minimum absolute atomic E-state index is 0.498. The van der Waals surface area contributed by atoms with Crippen molar-refractivity contribution in [3.05, 3.63) is 42.6 Å². The average molecular weight is 226 g/mol. The molecule has 0 spiro atoms. The molecular weight excluding hydrogens is 216 g/mol. The Morgan fingerprint density at radius 3 is 2.76 bits per heavy atom. The average Bonchev–Trinajstić information content (AvgIpc) is 2.40. The van der Waals surface area contributed by atoms with Crippen molar-refractivity contribution >= 4 is 11.8 Å². The lowest BCUT2D eigenvalue weighted by molar-refractivity contribution is 0.416. The van der Waals surface area contributed by atoms with Crippen molar-refractivity contribution in [2.45, 2.75) is 0 Å². The molecule has 4 nitrogen and oxygen atoms in total. The predicted molar refractivity (Wildman–Crippen MR) is 64.0 cm³/mol. The first kappa shape index (κ1) is 11.0. The van der Waals surface area contributed by atoms with E-state index in [1.165, 1.54) is 6.08 Å². The molecule has 0 atom stereocenters. The molecule has 0 saturated heterocycles. The van der Waals surface area contributed by atoms with Gasteiger partial charge in [0, 0.05) is 6.20 Å². The number of benzene rings is 1. The van der Waals surface area contributed by atoms with Gasteiger partial charge in [-0.3, -0.25) is 4.98 Å². The summed E-state index contributed by atoms with van der Waals surface area (Å²) in [5, 5.41) is 0. The van der Waals surface area contributed by atoms with Crippen molar-refractivity contribution < 1.29 is 9.53 Å². The monoisotopic (exact) mass is 226 g/mol. The fraction of sp³-hybridized carbons (Fsp3) is 0.0769. The highest BCUT2D eigenvalue weighted by Crippen LogP contribution is 2.36. The van der Waals surface area contributed by atoms with Gasteiger partial charge in [-0.05, 0) is 24.3 Å². The van der Waals surface area contributed by atoms with E-state index in [1.807, 2.05) is 18.2 Å². The molecule has 0 unspecified atom stereocenters. The lowest BCUT2D eigenvalue weighted by atomic mass is 10.1. The van der Waals surface area contributed by atoms with Crippen molar-refractivity contribution in [3.8, 4) is 17.0 Å². The van der Waals surface area contributed by atoms with Crippen LogP contribution >= 0.6 is 0 Å². The van der Waals surface area contributed by atoms with Gasteiger partial charge in [0.25, 0.3) is 0 Å². The minimum Gasteiger partial charge on any atom is -0.496 e. The Hall–Kier alpha value is -2.45. The maximum absolute atomic E-state index is 10.4. The zero-order valence-corrected chi connectivity index (χ0v) is 9.25. The summed E-state index contributed by atoms with van der Waals surface area (Å²) in [7, 11) is 1.57. The van der Waals surface area contributed by atoms with Crippen LogP contribution in [-0.4, -0.2) is 18.2 Å². The highest BCUT2D eigenvalue weighted by molar-refractivity contribution is 5.80. The van der Waals surface area contributed by atoms with E-state index >= 15 is 0 Å². The number of aromatic nitrogens is 1. The van der Waals surface area contributed by atoms with E-state index in [0.29, 0.717) is 22.7 Å². The van der Waals surface area contributed by atoms with E-state index in [4.69, 9.17) is 4.74 Å². The van der Waals surface area contributed by atoms with Crippen LogP contribution in [0.1, 0.15) is 0 Å². The van der Waals surface area contributed by atoms with Gasteiger partial charge in [-0.15, -0.1) is 0 Å². The topological polar surface area (TPSA) is 51.5 Å². The maximum Gasteiger partial charge on any atom is 0.240 e. The van der Waals surface area contributed by atoms with Crippen molar-refractivity contribution in [3.63, 3.8) is 0 Å². The van der Waals surface area contributed by atoms with Gasteiger partial charge in [-0.25, -0.2) is 4.79 Å². The molecule has 1 aromatic heterocycles. The summed E-state index contributed by atoms with van der Waals surface area (Å²) < 4.78 is 5.26. The number of hydrogen-bond donors (Lipinski definition) is 0. The Kier molecular flexibility index (Phi) is 3.28. The van der Waals surface area contributed by atoms with Gasteiger partial charge >= 0.3 is 0 Å². The molecular formula is C13H10N2O2. The fourth-order valence-corrected chi connectivity index (χ4v) is 1.60. The quantitative estimate of drug-likeness (QED) is 0.597. The molecule has 0 radical (unpaired) electrons. The maximum atomic E-state index is 10.4. The fourth-order valence-electron chi connectivity index (χ4n) is 1.60. The Morgan fingerprint density at radius 1 is 1.24 bits per heavy atom. The molecule has 1 heterocycles. The van der Waals surface area contributed by atoms with Crippen LogP contribution in [0.15, 0.2) is 47.6 Å². The molecule has 2 aromatic rings. The standard InChI is InChI=1S/C13H10N2O2/c1-17-12-7-4-6-11(15-9-16)13(12)10-5-2-3-8-14-10/h2-8H,1H3. The molecule has 84 valence electrons. The first-order valence-corrected chi connectivity index (χ1v) is 5.03. The number of hydrogen-bond acceptors (Lipinski definition) is 4. The van der Waals surface area contributed by atoms with E-state index in [0.717, 1.165) is 0 Å². The molecule has 0 N–H and O–H groups in total. The largest absolute Gasteiger partial charge is 0.496 e. The zero-order chi connectivity index (χ0) is 12.1. The Labute approximate surface area is 98.6 Å². The molecule has 1 aromatic carbocycles. The van der Waals surface area contributed by atoms with Crippen LogP contribution in [0.4, 0.5) is 5.69 Å². The van der Waals surface area contributed by atoms with Gasteiger partial charge < -0.3 is 4.74 Å². The van der Waals surface area contributed by atoms with Crippen molar-refractivity contribution in [2.75, 3.05) is 7.11 Å². The number of carbonyl (C=O) groups excluding carboxylic acids is 1. The summed E-state index contributed by atoms with van der Waals surface area (Å²) >= 11 is 0. The smallest absolute Gasteiger partial charge is 0.240 e. The highest BCUT2D eigenvalue weighted by atomic mass is 16.5. The number of ether oxygens (including phenoxy) is 1. The summed E-state index contributed by atoms with van der Waals surface area (Å²) in [6, 6.07) is 10.8. The first-order valence-electron chi connectivity index (χ1n) is 5.03. The molecule has 0 aliphatic rings. The molecule has 0 fully saturated rings. The number of rotatable bonds is 3. The zero-order valence-electron chi connectivity index (χ0n) is 9.25. The van der Waals surface area contributed by atoms with Gasteiger partial charge in [-0.1, -0.05) is 12.1 Å². The third-order valence-corrected chi connectivity index (χ3v) is 2.31. The molecule has 0 aliphatic carbocycles. The van der Waals surface area contributed by atoms with Crippen molar-refractivity contribution in [1.82, 2.24) is 4.98 Å². The Balaban J connectivity index is 2.69. The second kappa shape index (κ2) is 5.05. The Bertz CT molecular complexity index is 561. The van der Waals surface area contributed by atoms with Crippen LogP contribution in [-0.2, 0) is 4.79 Å². The second-order valence-corrected chi connectivity index (χ2v) is 3.27. The molecule has 4 heteroatoms. The van der Waals surface area contributed by atoms with Crippen molar-refractivity contribution in [1.29, 1.82) is 0 Å². The van der Waals surface area contributed by atoms with E-state index in [1.54, 1.807) is 31.5 Å². The molecule has 0 bridgehead atoms. The Morgan fingerprint density at radius 2 is 2.12 bits per heavy atom. The predicted octanol–water partition coefficient (Wildman–Crippen LogP) is 2.72. The van der Waals surface area contributed by atoms with Gasteiger partial charge in [0.1, 0.15) is 5.75 Å². The van der Waals surface area contributed by atoms with Crippen LogP contribution in [0, 0.1) is 0 Å². The number of methoxy groups -OCH3 is 1. The molecule has 17 heavy (non-hydrogen) atoms. The molecule has 0 amide bonds. The van der Waals surface area contributed by atoms with Gasteiger partial charge in [0.2, 0.25) is 6.08 Å². The summed E-state index contributed by atoms with van der Waals surface area (Å²) in [6.07, 6.45) is 3.21. The number of nitrogens with zero attached hydrogens (tertiary/aromatic N) is 2. The number of isocyanates is 1. The van der Waals surface area contributed by atoms with Crippen molar-refractivity contribution in [2.24, 2.45) is 4.99 Å². The van der Waals surface area contributed by atoms with Crippen LogP contribution < -0.4 is 4.74 Å². The van der Waals surface area contributed by atoms with E-state index in [-0.39, 0.29) is 0 Å². The summed E-state index contributed by atoms with van der Waals surface area (Å²) in [5.74, 6) is 0.625. The number of aliphatic imine (C=N–C) groups is 1. The van der Waals surface area contributed by atoms with E-state index < -0.39 is 0 Å². The lowest BCUT2D eigenvalue weighted by Crippen LogP contribution is -1.90. The highest BCUT2D eigenvalue weighted by Gasteiger charge is 2.11. The van der Waals surface area contributed by atoms with Crippen LogP contribution in [0.5, 0.6) is 5.75 Å². The molecule has 2 rings (SSSR count). The third-order valence-electron chi connectivity index (χ3n) is 2.31. The summed E-state index contributed by atoms with van der Waals surface area (Å²) in [4.78, 5) is 18.3. The van der Waals surface area contributed by atoms with Gasteiger partial charge in [-0.2, -0.15) is 4.99 Å². The molecule has 0 saturated carbocycles. The minimum atomic E-state index is 0.498. The van der Waals surface area contributed by atoms with Crippen LogP contribution in [0.2, 0.25) is 0 Å².